The highest BCUT2D eigenvalue weighted by Crippen LogP contribution is 2.22. The summed E-state index contributed by atoms with van der Waals surface area (Å²) in [4.78, 5) is 37.5. The number of rotatable bonds is 3. The van der Waals surface area contributed by atoms with Crippen LogP contribution < -0.4 is 10.7 Å². The summed E-state index contributed by atoms with van der Waals surface area (Å²) in [6.07, 6.45) is 0. The van der Waals surface area contributed by atoms with Gasteiger partial charge in [-0.15, -0.1) is 12.4 Å². The molecule has 1 atom stereocenters. The lowest BCUT2D eigenvalue weighted by Crippen LogP contribution is -2.52. The first-order chi connectivity index (χ1) is 12.4. The zero-order chi connectivity index (χ0) is 18.8. The number of halogens is 1. The molecule has 1 aliphatic rings. The van der Waals surface area contributed by atoms with Gasteiger partial charge in [0.1, 0.15) is 5.69 Å². The lowest BCUT2D eigenvalue weighted by atomic mass is 10.2. The zero-order valence-electron chi connectivity index (χ0n) is 14.9. The van der Waals surface area contributed by atoms with Gasteiger partial charge in [0.2, 0.25) is 5.43 Å². The highest BCUT2D eigenvalue weighted by molar-refractivity contribution is 5.92. The van der Waals surface area contributed by atoms with Crippen molar-refractivity contribution in [3.63, 3.8) is 0 Å². The van der Waals surface area contributed by atoms with Crippen molar-refractivity contribution in [1.82, 2.24) is 20.0 Å². The molecular weight excluding hydrogens is 374 g/mol. The number of carbonyl (C=O) groups is 1. The molecule has 0 aliphatic carbocycles. The van der Waals surface area contributed by atoms with Gasteiger partial charge < -0.3 is 10.2 Å². The van der Waals surface area contributed by atoms with Crippen LogP contribution in [0.1, 0.15) is 23.1 Å². The van der Waals surface area contributed by atoms with Gasteiger partial charge in [-0.25, -0.2) is 4.68 Å². The van der Waals surface area contributed by atoms with Crippen molar-refractivity contribution in [2.24, 2.45) is 0 Å². The molecule has 1 aromatic carbocycles. The fraction of sp³-hybridized carbons (Fsp3) is 0.353. The molecule has 1 saturated heterocycles. The second kappa shape index (κ2) is 8.28. The van der Waals surface area contributed by atoms with E-state index in [1.54, 1.807) is 24.0 Å². The van der Waals surface area contributed by atoms with Gasteiger partial charge in [-0.05, 0) is 19.9 Å². The highest BCUT2D eigenvalue weighted by atomic mass is 35.5. The van der Waals surface area contributed by atoms with E-state index in [0.717, 1.165) is 0 Å². The van der Waals surface area contributed by atoms with Crippen LogP contribution in [-0.4, -0.2) is 51.2 Å². The largest absolute Gasteiger partial charge is 0.334 e. The topological polar surface area (TPSA) is 110 Å². The van der Waals surface area contributed by atoms with Crippen LogP contribution >= 0.6 is 12.4 Å². The average Bonchev–Trinajstić information content (AvgIpc) is 2.61. The Balaban J connectivity index is 0.00000261. The van der Waals surface area contributed by atoms with Gasteiger partial charge in [-0.3, -0.25) is 19.7 Å². The molecule has 0 saturated carbocycles. The van der Waals surface area contributed by atoms with Gasteiger partial charge >= 0.3 is 0 Å². The van der Waals surface area contributed by atoms with Crippen molar-refractivity contribution >= 4 is 24.0 Å². The molecule has 2 heterocycles. The van der Waals surface area contributed by atoms with E-state index in [1.165, 1.54) is 22.9 Å². The first-order valence-electron chi connectivity index (χ1n) is 8.26. The Kier molecular flexibility index (Phi) is 6.29. The number of nitrogens with one attached hydrogen (secondary N) is 1. The summed E-state index contributed by atoms with van der Waals surface area (Å²) in [7, 11) is 0. The molecule has 2 aromatic rings. The maximum absolute atomic E-state index is 12.8. The Labute approximate surface area is 161 Å². The summed E-state index contributed by atoms with van der Waals surface area (Å²) < 4.78 is 1.28. The maximum Gasteiger partial charge on any atom is 0.294 e. The number of nitrogens with zero attached hydrogens (tertiary/aromatic N) is 4. The Hall–Kier alpha value is -2.78. The molecule has 0 spiro atoms. The number of hydrogen-bond acceptors (Lipinski definition) is 6. The van der Waals surface area contributed by atoms with E-state index in [9.17, 15) is 19.7 Å². The molecule has 1 amide bonds. The second-order valence-electron chi connectivity index (χ2n) is 6.26. The minimum Gasteiger partial charge on any atom is -0.334 e. The lowest BCUT2D eigenvalue weighted by Gasteiger charge is -2.31. The van der Waals surface area contributed by atoms with Crippen molar-refractivity contribution in [1.29, 1.82) is 0 Å². The summed E-state index contributed by atoms with van der Waals surface area (Å²) in [5.74, 6) is -0.462. The monoisotopic (exact) mass is 393 g/mol. The van der Waals surface area contributed by atoms with E-state index in [1.807, 2.05) is 6.92 Å². The van der Waals surface area contributed by atoms with E-state index in [2.05, 4.69) is 10.4 Å². The fourth-order valence-corrected chi connectivity index (χ4v) is 3.00. The molecule has 144 valence electrons. The molecule has 1 aliphatic heterocycles. The molecule has 27 heavy (non-hydrogen) atoms. The van der Waals surface area contributed by atoms with Crippen molar-refractivity contribution < 1.29 is 9.72 Å². The quantitative estimate of drug-likeness (QED) is 0.621. The van der Waals surface area contributed by atoms with E-state index >= 15 is 0 Å². The van der Waals surface area contributed by atoms with Crippen LogP contribution in [0.4, 0.5) is 5.69 Å². The minimum absolute atomic E-state index is 0. The molecular formula is C17H20ClN5O4. The van der Waals surface area contributed by atoms with E-state index < -0.39 is 16.3 Å². The van der Waals surface area contributed by atoms with Crippen LogP contribution in [0.15, 0.2) is 35.1 Å². The standard InChI is InChI=1S/C17H19N5O4.ClH/c1-11-10-20(8-7-18-11)17(24)16-15(23)9-12(2)21(19-16)13-5-3-4-6-14(13)22(25)26;/h3-6,9,11,18H,7-8,10H2,1-2H3;1H. The molecule has 10 heteroatoms. The van der Waals surface area contributed by atoms with Crippen LogP contribution in [0.5, 0.6) is 0 Å². The maximum atomic E-state index is 12.8. The molecule has 1 N–H and O–H groups in total. The van der Waals surface area contributed by atoms with Gasteiger partial charge in [-0.1, -0.05) is 12.1 Å². The van der Waals surface area contributed by atoms with Crippen LogP contribution in [0.2, 0.25) is 0 Å². The van der Waals surface area contributed by atoms with E-state index in [4.69, 9.17) is 0 Å². The predicted octanol–water partition coefficient (Wildman–Crippen LogP) is 1.30. The molecule has 1 fully saturated rings. The number of hydrogen-bond donors (Lipinski definition) is 1. The summed E-state index contributed by atoms with van der Waals surface area (Å²) in [5.41, 5.74) is -0.260. The van der Waals surface area contributed by atoms with Gasteiger partial charge in [0, 0.05) is 43.5 Å². The Morgan fingerprint density at radius 2 is 2.07 bits per heavy atom. The van der Waals surface area contributed by atoms with E-state index in [0.29, 0.717) is 25.3 Å². The third-order valence-electron chi connectivity index (χ3n) is 4.27. The number of para-hydroxylation sites is 2. The first-order valence-corrected chi connectivity index (χ1v) is 8.26. The number of aromatic nitrogens is 2. The van der Waals surface area contributed by atoms with Gasteiger partial charge in [0.25, 0.3) is 11.6 Å². The second-order valence-corrected chi connectivity index (χ2v) is 6.26. The molecule has 1 aromatic heterocycles. The predicted molar refractivity (Wildman–Crippen MR) is 102 cm³/mol. The van der Waals surface area contributed by atoms with Gasteiger partial charge in [0.05, 0.1) is 4.92 Å². The fourth-order valence-electron chi connectivity index (χ4n) is 3.00. The van der Waals surface area contributed by atoms with Crippen LogP contribution in [0.25, 0.3) is 5.69 Å². The summed E-state index contributed by atoms with van der Waals surface area (Å²) >= 11 is 0. The molecule has 9 nitrogen and oxygen atoms in total. The summed E-state index contributed by atoms with van der Waals surface area (Å²) in [6.45, 7) is 5.15. The Morgan fingerprint density at radius 3 is 2.74 bits per heavy atom. The number of carbonyl (C=O) groups excluding carboxylic acids is 1. The smallest absolute Gasteiger partial charge is 0.294 e. The Morgan fingerprint density at radius 1 is 1.37 bits per heavy atom. The number of nitro benzene ring substituents is 1. The van der Waals surface area contributed by atoms with Gasteiger partial charge in [0.15, 0.2) is 5.69 Å². The normalized spacial score (nSPS) is 16.5. The van der Waals surface area contributed by atoms with Crippen molar-refractivity contribution in [2.45, 2.75) is 19.9 Å². The number of aryl methyl sites for hydroxylation is 1. The summed E-state index contributed by atoms with van der Waals surface area (Å²) in [5, 5.41) is 18.7. The van der Waals surface area contributed by atoms with Crippen LogP contribution in [0, 0.1) is 17.0 Å². The molecule has 3 rings (SSSR count). The SMILES string of the molecule is Cc1cc(=O)c(C(=O)N2CCNC(C)C2)nn1-c1ccccc1[N+](=O)[O-].Cl. The van der Waals surface area contributed by atoms with Crippen molar-refractivity contribution in [2.75, 3.05) is 19.6 Å². The van der Waals surface area contributed by atoms with Gasteiger partial charge in [-0.2, -0.15) is 5.10 Å². The summed E-state index contributed by atoms with van der Waals surface area (Å²) in [6, 6.07) is 7.48. The third kappa shape index (κ3) is 4.15. The van der Waals surface area contributed by atoms with E-state index in [-0.39, 0.29) is 35.5 Å². The molecule has 1 unspecified atom stereocenters. The molecule has 0 radical (unpaired) electrons. The minimum atomic E-state index is -0.520. The number of benzene rings is 1. The lowest BCUT2D eigenvalue weighted by molar-refractivity contribution is -0.384. The van der Waals surface area contributed by atoms with Crippen LogP contribution in [0.3, 0.4) is 0 Å². The zero-order valence-corrected chi connectivity index (χ0v) is 15.7. The average molecular weight is 394 g/mol. The highest BCUT2D eigenvalue weighted by Gasteiger charge is 2.26. The van der Waals surface area contributed by atoms with Crippen molar-refractivity contribution in [3.05, 3.63) is 62.1 Å². The Bertz CT molecular complexity index is 930. The van der Waals surface area contributed by atoms with Crippen molar-refractivity contribution in [3.8, 4) is 5.69 Å². The van der Waals surface area contributed by atoms with Crippen LogP contribution in [-0.2, 0) is 0 Å². The number of amides is 1. The molecule has 0 bridgehead atoms. The number of piperazine rings is 1. The third-order valence-corrected chi connectivity index (χ3v) is 4.27. The first kappa shape index (κ1) is 20.5. The number of nitro groups is 1.